The van der Waals surface area contributed by atoms with E-state index in [0.717, 1.165) is 41.7 Å². The minimum absolute atomic E-state index is 0.0313. The van der Waals surface area contributed by atoms with Crippen molar-refractivity contribution in [2.75, 3.05) is 6.54 Å². The molecule has 1 amide bonds. The summed E-state index contributed by atoms with van der Waals surface area (Å²) in [7, 11) is 0. The van der Waals surface area contributed by atoms with Gasteiger partial charge in [0.05, 0.1) is 6.04 Å². The summed E-state index contributed by atoms with van der Waals surface area (Å²) in [6, 6.07) is 17.2. The second kappa shape index (κ2) is 8.12. The van der Waals surface area contributed by atoms with E-state index in [1.54, 1.807) is 0 Å². The summed E-state index contributed by atoms with van der Waals surface area (Å²) in [6.45, 7) is 3.37. The van der Waals surface area contributed by atoms with Crippen molar-refractivity contribution in [2.24, 2.45) is 0 Å². The van der Waals surface area contributed by atoms with Crippen molar-refractivity contribution in [1.82, 2.24) is 25.4 Å². The van der Waals surface area contributed by atoms with Crippen LogP contribution in [0.4, 0.5) is 0 Å². The van der Waals surface area contributed by atoms with Gasteiger partial charge < -0.3 is 5.32 Å². The maximum Gasteiger partial charge on any atom is 0.251 e. The number of aryl methyl sites for hydroxylation is 1. The molecule has 1 aliphatic rings. The Bertz CT molecular complexity index is 941. The smallest absolute Gasteiger partial charge is 0.251 e. The Morgan fingerprint density at radius 3 is 2.64 bits per heavy atom. The second-order valence-corrected chi connectivity index (χ2v) is 7.56. The Hall–Kier alpha value is -2.70. The lowest BCUT2D eigenvalue weighted by molar-refractivity contribution is 0.0937. The number of H-pyrrole nitrogens is 1. The summed E-state index contributed by atoms with van der Waals surface area (Å²) in [5.41, 5.74) is 1.83. The summed E-state index contributed by atoms with van der Waals surface area (Å²) < 4.78 is 0. The van der Waals surface area contributed by atoms with Crippen molar-refractivity contribution in [3.8, 4) is 0 Å². The molecule has 3 aromatic rings. The van der Waals surface area contributed by atoms with E-state index in [1.165, 1.54) is 0 Å². The average Bonchev–Trinajstić information content (AvgIpc) is 3.30. The Morgan fingerprint density at radius 1 is 1.21 bits per heavy atom. The van der Waals surface area contributed by atoms with Gasteiger partial charge in [-0.15, -0.1) is 0 Å². The molecule has 1 aromatic heterocycles. The number of aromatic amines is 1. The maximum absolute atomic E-state index is 12.6. The van der Waals surface area contributed by atoms with Gasteiger partial charge in [-0.25, -0.2) is 4.98 Å². The van der Waals surface area contributed by atoms with E-state index in [9.17, 15) is 4.79 Å². The Kier molecular flexibility index (Phi) is 5.41. The van der Waals surface area contributed by atoms with E-state index >= 15 is 0 Å². The quantitative estimate of drug-likeness (QED) is 0.693. The number of carbonyl (C=O) groups excluding carboxylic acids is 1. The van der Waals surface area contributed by atoms with E-state index in [0.29, 0.717) is 5.56 Å². The fourth-order valence-electron chi connectivity index (χ4n) is 3.64. The van der Waals surface area contributed by atoms with Crippen LogP contribution in [0.25, 0.3) is 0 Å². The van der Waals surface area contributed by atoms with Gasteiger partial charge in [-0.05, 0) is 43.2 Å². The Morgan fingerprint density at radius 2 is 1.96 bits per heavy atom. The van der Waals surface area contributed by atoms with Crippen molar-refractivity contribution in [3.05, 3.63) is 82.4 Å². The lowest BCUT2D eigenvalue weighted by Crippen LogP contribution is -2.37. The number of carbonyl (C=O) groups is 1. The molecule has 2 N–H and O–H groups in total. The zero-order valence-electron chi connectivity index (χ0n) is 15.6. The first-order chi connectivity index (χ1) is 13.6. The summed E-state index contributed by atoms with van der Waals surface area (Å²) in [4.78, 5) is 19.4. The van der Waals surface area contributed by atoms with E-state index in [-0.39, 0.29) is 18.0 Å². The molecule has 4 rings (SSSR count). The number of hydrogen-bond donors (Lipinski definition) is 2. The molecule has 2 heterocycles. The number of nitrogens with zero attached hydrogens (tertiary/aromatic N) is 3. The van der Waals surface area contributed by atoms with Gasteiger partial charge in [0.2, 0.25) is 0 Å². The van der Waals surface area contributed by atoms with Gasteiger partial charge in [0.25, 0.3) is 5.91 Å². The topological polar surface area (TPSA) is 73.9 Å². The van der Waals surface area contributed by atoms with Gasteiger partial charge in [-0.3, -0.25) is 14.8 Å². The molecule has 1 aliphatic heterocycles. The lowest BCUT2D eigenvalue weighted by Gasteiger charge is -2.22. The molecule has 144 valence electrons. The molecule has 6 nitrogen and oxygen atoms in total. The first kappa shape index (κ1) is 18.7. The number of benzene rings is 2. The largest absolute Gasteiger partial charge is 0.348 e. The first-order valence-electron chi connectivity index (χ1n) is 9.32. The second-order valence-electron chi connectivity index (χ2n) is 7.12. The number of amides is 1. The van der Waals surface area contributed by atoms with E-state index < -0.39 is 0 Å². The zero-order valence-corrected chi connectivity index (χ0v) is 16.4. The molecule has 0 bridgehead atoms. The standard InChI is InChI=1S/C21H22ClN5O/c1-14-23-20(26-25-14)19-11-18(24-21(28)16-5-3-2-4-6-16)13-27(19)12-15-7-9-17(22)10-8-15/h2-10,18-19H,11-13H2,1H3,(H,24,28)(H,23,25,26). The van der Waals surface area contributed by atoms with Crippen LogP contribution < -0.4 is 5.32 Å². The Labute approximate surface area is 168 Å². The number of rotatable bonds is 5. The van der Waals surface area contributed by atoms with Crippen LogP contribution in [0, 0.1) is 6.92 Å². The van der Waals surface area contributed by atoms with Crippen molar-refractivity contribution in [1.29, 1.82) is 0 Å². The summed E-state index contributed by atoms with van der Waals surface area (Å²) in [5, 5.41) is 11.2. The van der Waals surface area contributed by atoms with Crippen molar-refractivity contribution >= 4 is 17.5 Å². The van der Waals surface area contributed by atoms with Crippen molar-refractivity contribution in [2.45, 2.75) is 32.0 Å². The highest BCUT2D eigenvalue weighted by atomic mass is 35.5. The third-order valence-electron chi connectivity index (χ3n) is 4.99. The van der Waals surface area contributed by atoms with Crippen LogP contribution in [0.5, 0.6) is 0 Å². The molecule has 7 heteroatoms. The van der Waals surface area contributed by atoms with Crippen LogP contribution in [-0.2, 0) is 6.54 Å². The number of halogens is 1. The monoisotopic (exact) mass is 395 g/mol. The minimum atomic E-state index is -0.0520. The maximum atomic E-state index is 12.6. The molecule has 0 spiro atoms. The van der Waals surface area contributed by atoms with Gasteiger partial charge in [-0.1, -0.05) is 41.9 Å². The predicted molar refractivity (Wildman–Crippen MR) is 108 cm³/mol. The highest BCUT2D eigenvalue weighted by Gasteiger charge is 2.36. The van der Waals surface area contributed by atoms with Gasteiger partial charge in [-0.2, -0.15) is 5.10 Å². The average molecular weight is 396 g/mol. The van der Waals surface area contributed by atoms with E-state index in [1.807, 2.05) is 61.5 Å². The van der Waals surface area contributed by atoms with Crippen LogP contribution in [0.3, 0.4) is 0 Å². The minimum Gasteiger partial charge on any atom is -0.348 e. The molecule has 1 fully saturated rings. The molecule has 2 aromatic carbocycles. The number of hydrogen-bond acceptors (Lipinski definition) is 4. The van der Waals surface area contributed by atoms with Crippen molar-refractivity contribution in [3.63, 3.8) is 0 Å². The normalized spacial score (nSPS) is 19.6. The fourth-order valence-corrected chi connectivity index (χ4v) is 3.77. The number of likely N-dealkylation sites (tertiary alicyclic amines) is 1. The molecule has 0 saturated carbocycles. The van der Waals surface area contributed by atoms with Crippen LogP contribution in [-0.4, -0.2) is 38.6 Å². The fraction of sp³-hybridized carbons (Fsp3) is 0.286. The molecular weight excluding hydrogens is 374 g/mol. The SMILES string of the molecule is Cc1nc(C2CC(NC(=O)c3ccccc3)CN2Cc2ccc(Cl)cc2)n[nH]1. The molecule has 2 atom stereocenters. The predicted octanol–water partition coefficient (Wildman–Crippen LogP) is 3.51. The van der Waals surface area contributed by atoms with Crippen LogP contribution in [0.1, 0.15) is 40.0 Å². The summed E-state index contributed by atoms with van der Waals surface area (Å²) in [5.74, 6) is 1.50. The number of nitrogens with one attached hydrogen (secondary N) is 2. The summed E-state index contributed by atoms with van der Waals surface area (Å²) in [6.07, 6.45) is 0.767. The van der Waals surface area contributed by atoms with Gasteiger partial charge in [0.1, 0.15) is 5.82 Å². The molecular formula is C21H22ClN5O. The van der Waals surface area contributed by atoms with Crippen LogP contribution in [0.2, 0.25) is 5.02 Å². The van der Waals surface area contributed by atoms with Crippen LogP contribution in [0.15, 0.2) is 54.6 Å². The highest BCUT2D eigenvalue weighted by Crippen LogP contribution is 2.32. The molecule has 1 saturated heterocycles. The number of aromatic nitrogens is 3. The van der Waals surface area contributed by atoms with E-state index in [2.05, 4.69) is 25.4 Å². The van der Waals surface area contributed by atoms with Gasteiger partial charge in [0, 0.05) is 29.7 Å². The zero-order chi connectivity index (χ0) is 19.5. The molecule has 28 heavy (non-hydrogen) atoms. The Balaban J connectivity index is 1.51. The van der Waals surface area contributed by atoms with Crippen molar-refractivity contribution < 1.29 is 4.79 Å². The first-order valence-corrected chi connectivity index (χ1v) is 9.69. The third kappa shape index (κ3) is 4.24. The van der Waals surface area contributed by atoms with Gasteiger partial charge in [0.15, 0.2) is 5.82 Å². The third-order valence-corrected chi connectivity index (χ3v) is 5.24. The van der Waals surface area contributed by atoms with Crippen LogP contribution >= 0.6 is 11.6 Å². The molecule has 0 aliphatic carbocycles. The summed E-state index contributed by atoms with van der Waals surface area (Å²) >= 11 is 6.01. The lowest BCUT2D eigenvalue weighted by atomic mass is 10.1. The highest BCUT2D eigenvalue weighted by molar-refractivity contribution is 6.30. The molecule has 2 unspecified atom stereocenters. The van der Waals surface area contributed by atoms with E-state index in [4.69, 9.17) is 11.6 Å². The van der Waals surface area contributed by atoms with Gasteiger partial charge >= 0.3 is 0 Å². The molecule has 0 radical (unpaired) electrons.